The maximum Gasteiger partial charge on any atom is 0.224 e. The van der Waals surface area contributed by atoms with Crippen LogP contribution >= 0.6 is 0 Å². The Morgan fingerprint density at radius 1 is 1.26 bits per heavy atom. The molecule has 4 rings (SSSR count). The Bertz CT molecular complexity index is 1330. The second-order valence-corrected chi connectivity index (χ2v) is 14.6. The van der Waals surface area contributed by atoms with Crippen molar-refractivity contribution in [3.8, 4) is 17.4 Å². The first-order chi connectivity index (χ1) is 18.3. The number of anilines is 1. The highest BCUT2D eigenvalue weighted by molar-refractivity contribution is 7.92. The van der Waals surface area contributed by atoms with E-state index in [1.165, 1.54) is 0 Å². The summed E-state index contributed by atoms with van der Waals surface area (Å²) in [6, 6.07) is 9.28. The summed E-state index contributed by atoms with van der Waals surface area (Å²) in [4.78, 5) is 20.6. The summed E-state index contributed by atoms with van der Waals surface area (Å²) in [7, 11) is -2.56. The number of nitrogens with zero attached hydrogens (tertiary/aromatic N) is 3. The number of carbonyl (C=O) groups excluding carboxylic acids is 1. The van der Waals surface area contributed by atoms with Crippen molar-refractivity contribution in [1.29, 1.82) is 10.0 Å². The molecule has 1 aliphatic carbocycles. The second-order valence-electron chi connectivity index (χ2n) is 12.2. The number of amides is 1. The molecule has 2 fully saturated rings. The van der Waals surface area contributed by atoms with E-state index in [9.17, 15) is 18.7 Å². The number of para-hydroxylation sites is 1. The molecule has 212 valence electrons. The minimum atomic E-state index is -2.56. The van der Waals surface area contributed by atoms with Crippen molar-refractivity contribution in [1.82, 2.24) is 10.3 Å². The van der Waals surface area contributed by atoms with E-state index in [4.69, 9.17) is 14.2 Å². The lowest BCUT2D eigenvalue weighted by Gasteiger charge is -2.33. The van der Waals surface area contributed by atoms with E-state index in [-0.39, 0.29) is 24.2 Å². The van der Waals surface area contributed by atoms with Gasteiger partial charge in [0.2, 0.25) is 11.8 Å². The van der Waals surface area contributed by atoms with E-state index < -0.39 is 33.3 Å². The number of aromatic nitrogens is 1. The fourth-order valence-electron chi connectivity index (χ4n) is 5.35. The molecule has 0 radical (unpaired) electrons. The summed E-state index contributed by atoms with van der Waals surface area (Å²) in [5.41, 5.74) is 1.95. The number of carbonyl (C=O) groups is 1. The van der Waals surface area contributed by atoms with Crippen molar-refractivity contribution in [2.24, 2.45) is 11.8 Å². The molecule has 1 amide bonds. The van der Waals surface area contributed by atoms with Crippen LogP contribution in [0.3, 0.4) is 0 Å². The van der Waals surface area contributed by atoms with Crippen LogP contribution in [0.5, 0.6) is 0 Å². The lowest BCUT2D eigenvalue weighted by Crippen LogP contribution is -2.44. The first-order valence-electron chi connectivity index (χ1n) is 13.7. The highest BCUT2D eigenvalue weighted by atomic mass is 32.2. The molecule has 1 saturated carbocycles. The number of nitriles is 1. The van der Waals surface area contributed by atoms with Crippen molar-refractivity contribution in [3.05, 3.63) is 35.9 Å². The number of oxazole rings is 1. The van der Waals surface area contributed by atoms with E-state index in [0.717, 1.165) is 11.3 Å². The van der Waals surface area contributed by atoms with E-state index in [0.29, 0.717) is 54.8 Å². The maximum absolute atomic E-state index is 14.7. The van der Waals surface area contributed by atoms with Gasteiger partial charge in [-0.1, -0.05) is 46.8 Å². The molecular weight excluding hydrogens is 517 g/mol. The van der Waals surface area contributed by atoms with Gasteiger partial charge in [-0.25, -0.2) is 13.6 Å². The zero-order valence-corrected chi connectivity index (χ0v) is 24.3. The molecule has 2 heterocycles. The van der Waals surface area contributed by atoms with Gasteiger partial charge in [-0.05, 0) is 37.3 Å². The maximum atomic E-state index is 14.7. The summed E-state index contributed by atoms with van der Waals surface area (Å²) in [5, 5.41) is 12.4. The predicted octanol–water partition coefficient (Wildman–Crippen LogP) is 5.39. The molecule has 2 aliphatic rings. The molecule has 0 bridgehead atoms. The largest absolute Gasteiger partial charge is 0.440 e. The SMILES string of the molecule is CC(C)[C@@H](C#N)NC(=O)[C@@H]1C[C@@H](F)CC[C@H]1c1nc(C(C)(C)C)oc1-c1ccccc1N1CCS(=N)(=O)CC1. The van der Waals surface area contributed by atoms with Crippen LogP contribution in [0.4, 0.5) is 10.1 Å². The molecule has 10 heteroatoms. The van der Waals surface area contributed by atoms with Gasteiger partial charge in [-0.15, -0.1) is 0 Å². The normalized spacial score (nSPS) is 24.3. The summed E-state index contributed by atoms with van der Waals surface area (Å²) in [6.07, 6.45) is -0.276. The highest BCUT2D eigenvalue weighted by Crippen LogP contribution is 2.46. The quantitative estimate of drug-likeness (QED) is 0.491. The first-order valence-corrected chi connectivity index (χ1v) is 15.6. The Morgan fingerprint density at radius 3 is 2.54 bits per heavy atom. The Labute approximate surface area is 231 Å². The average Bonchev–Trinajstić information content (AvgIpc) is 3.33. The molecule has 8 nitrogen and oxygen atoms in total. The van der Waals surface area contributed by atoms with Crippen molar-refractivity contribution in [2.45, 2.75) is 77.4 Å². The molecule has 1 aromatic carbocycles. The average molecular weight is 558 g/mol. The van der Waals surface area contributed by atoms with Crippen molar-refractivity contribution in [3.63, 3.8) is 0 Å². The minimum Gasteiger partial charge on any atom is -0.440 e. The van der Waals surface area contributed by atoms with Crippen LogP contribution in [0.2, 0.25) is 0 Å². The molecule has 2 N–H and O–H groups in total. The highest BCUT2D eigenvalue weighted by Gasteiger charge is 2.41. The number of rotatable bonds is 6. The minimum absolute atomic E-state index is 0.0650. The van der Waals surface area contributed by atoms with Gasteiger partial charge in [0.15, 0.2) is 5.76 Å². The fourth-order valence-corrected chi connectivity index (χ4v) is 6.59. The molecule has 4 atom stereocenters. The number of benzene rings is 1. The number of alkyl halides is 1. The van der Waals surface area contributed by atoms with Crippen molar-refractivity contribution < 1.29 is 17.8 Å². The zero-order valence-electron chi connectivity index (χ0n) is 23.5. The van der Waals surface area contributed by atoms with Gasteiger partial charge in [0.1, 0.15) is 12.2 Å². The zero-order chi connectivity index (χ0) is 28.5. The molecule has 0 unspecified atom stereocenters. The van der Waals surface area contributed by atoms with Crippen LogP contribution in [0.1, 0.15) is 71.4 Å². The van der Waals surface area contributed by atoms with Gasteiger partial charge in [0.05, 0.1) is 11.8 Å². The Morgan fingerprint density at radius 2 is 1.92 bits per heavy atom. The Kier molecular flexibility index (Phi) is 8.41. The van der Waals surface area contributed by atoms with Crippen molar-refractivity contribution >= 4 is 21.3 Å². The molecule has 1 aliphatic heterocycles. The van der Waals surface area contributed by atoms with Crippen LogP contribution in [-0.2, 0) is 19.9 Å². The van der Waals surface area contributed by atoms with Gasteiger partial charge in [0.25, 0.3) is 0 Å². The second kappa shape index (κ2) is 11.3. The topological polar surface area (TPSA) is 123 Å². The molecule has 1 aromatic heterocycles. The third-order valence-electron chi connectivity index (χ3n) is 7.74. The summed E-state index contributed by atoms with van der Waals surface area (Å²) < 4.78 is 41.5. The van der Waals surface area contributed by atoms with Crippen LogP contribution in [-0.4, -0.2) is 51.9 Å². The third kappa shape index (κ3) is 6.46. The molecule has 0 spiro atoms. The fraction of sp³-hybridized carbons (Fsp3) is 0.621. The van der Waals surface area contributed by atoms with E-state index in [1.54, 1.807) is 0 Å². The summed E-state index contributed by atoms with van der Waals surface area (Å²) >= 11 is 0. The lowest BCUT2D eigenvalue weighted by atomic mass is 9.75. The van der Waals surface area contributed by atoms with Gasteiger partial charge >= 0.3 is 0 Å². The first kappa shape index (κ1) is 29.1. The van der Waals surface area contributed by atoms with Crippen LogP contribution in [0, 0.1) is 27.9 Å². The standard InChI is InChI=1S/C29H40FN5O3S/c1-18(2)23(17-31)33-27(36)22-16-19(30)10-11-20(22)25-26(38-28(34-25)29(3,4)5)21-8-6-7-9-24(21)35-12-14-39(32,37)15-13-35/h6-9,18-20,22-23,32H,10-16H2,1-5H3,(H,33,36)/t19-,20+,22+,23+/m0/s1. The predicted molar refractivity (Wildman–Crippen MR) is 151 cm³/mol. The van der Waals surface area contributed by atoms with Crippen LogP contribution in [0.15, 0.2) is 28.7 Å². The molecule has 2 aromatic rings. The van der Waals surface area contributed by atoms with Gasteiger partial charge in [-0.2, -0.15) is 5.26 Å². The van der Waals surface area contributed by atoms with E-state index >= 15 is 0 Å². The number of nitrogens with one attached hydrogen (secondary N) is 2. The molecular formula is C29H40FN5O3S. The molecule has 39 heavy (non-hydrogen) atoms. The van der Waals surface area contributed by atoms with Crippen LogP contribution < -0.4 is 10.2 Å². The van der Waals surface area contributed by atoms with Gasteiger partial charge in [-0.3, -0.25) is 9.57 Å². The smallest absolute Gasteiger partial charge is 0.224 e. The Balaban J connectivity index is 1.79. The third-order valence-corrected chi connectivity index (χ3v) is 9.43. The van der Waals surface area contributed by atoms with Crippen molar-refractivity contribution in [2.75, 3.05) is 29.5 Å². The molecule has 1 saturated heterocycles. The number of hydrogen-bond donors (Lipinski definition) is 2. The van der Waals surface area contributed by atoms with Gasteiger partial charge in [0, 0.05) is 62.8 Å². The monoisotopic (exact) mass is 557 g/mol. The summed E-state index contributed by atoms with van der Waals surface area (Å²) in [6.45, 7) is 10.8. The lowest BCUT2D eigenvalue weighted by molar-refractivity contribution is -0.128. The van der Waals surface area contributed by atoms with Crippen LogP contribution in [0.25, 0.3) is 11.3 Å². The number of hydrogen-bond acceptors (Lipinski definition) is 7. The van der Waals surface area contributed by atoms with Gasteiger partial charge < -0.3 is 14.6 Å². The summed E-state index contributed by atoms with van der Waals surface area (Å²) in [5.74, 6) is 0.236. The van der Waals surface area contributed by atoms with E-state index in [1.807, 2.05) is 58.9 Å². The van der Waals surface area contributed by atoms with E-state index in [2.05, 4.69) is 16.3 Å². The Hall–Kier alpha value is -2.93. The number of halogens is 1.